The van der Waals surface area contributed by atoms with Gasteiger partial charge in [0.2, 0.25) is 0 Å². The molecule has 2 unspecified atom stereocenters. The molecule has 0 bridgehead atoms. The molecule has 0 spiro atoms. The lowest BCUT2D eigenvalue weighted by Crippen LogP contribution is -2.30. The van der Waals surface area contributed by atoms with E-state index < -0.39 is 0 Å². The molecule has 2 heterocycles. The van der Waals surface area contributed by atoms with Crippen LogP contribution in [-0.2, 0) is 0 Å². The van der Waals surface area contributed by atoms with Crippen LogP contribution in [0.4, 0.5) is 0 Å². The Labute approximate surface area is 129 Å². The predicted octanol–water partition coefficient (Wildman–Crippen LogP) is 4.52. The van der Waals surface area contributed by atoms with E-state index >= 15 is 0 Å². The van der Waals surface area contributed by atoms with Crippen LogP contribution in [0.5, 0.6) is 0 Å². The third-order valence-corrected chi connectivity index (χ3v) is 4.53. The third-order valence-electron chi connectivity index (χ3n) is 4.53. The first-order chi connectivity index (χ1) is 9.93. The monoisotopic (exact) mass is 284 g/mol. The number of likely N-dealkylation sites (N-methyl/N-ethyl adjacent to an activating group) is 1. The van der Waals surface area contributed by atoms with Crippen molar-refractivity contribution in [2.24, 2.45) is 10.9 Å². The highest BCUT2D eigenvalue weighted by atomic mass is 15.1. The van der Waals surface area contributed by atoms with Gasteiger partial charge < -0.3 is 4.90 Å². The fourth-order valence-corrected chi connectivity index (χ4v) is 3.00. The van der Waals surface area contributed by atoms with E-state index in [4.69, 9.17) is 0 Å². The number of aliphatic imine (C=N–C) groups is 1. The van der Waals surface area contributed by atoms with Crippen molar-refractivity contribution in [3.8, 4) is 0 Å². The van der Waals surface area contributed by atoms with E-state index in [1.165, 1.54) is 34.4 Å². The number of rotatable bonds is 4. The van der Waals surface area contributed by atoms with Crippen molar-refractivity contribution in [1.29, 1.82) is 0 Å². The van der Waals surface area contributed by atoms with Gasteiger partial charge in [0.15, 0.2) is 0 Å². The minimum atomic E-state index is 0.377. The second-order valence-electron chi connectivity index (χ2n) is 6.41. The average molecular weight is 284 g/mol. The Hall–Kier alpha value is -1.57. The van der Waals surface area contributed by atoms with E-state index in [0.29, 0.717) is 12.0 Å². The predicted molar refractivity (Wildman–Crippen MR) is 92.7 cm³/mol. The average Bonchev–Trinajstić information content (AvgIpc) is 2.76. The molecule has 0 aromatic rings. The zero-order valence-corrected chi connectivity index (χ0v) is 14.3. The van der Waals surface area contributed by atoms with Gasteiger partial charge in [-0.3, -0.25) is 4.99 Å². The summed E-state index contributed by atoms with van der Waals surface area (Å²) in [6.45, 7) is 11.9. The summed E-state index contributed by atoms with van der Waals surface area (Å²) in [5, 5.41) is 0. The molecule has 2 atom stereocenters. The lowest BCUT2D eigenvalue weighted by atomic mass is 9.92. The van der Waals surface area contributed by atoms with E-state index in [9.17, 15) is 0 Å². The number of allylic oxidation sites excluding steroid dienone is 4. The smallest absolute Gasteiger partial charge is 0.0678 e. The van der Waals surface area contributed by atoms with E-state index in [2.05, 4.69) is 76.0 Å². The van der Waals surface area contributed by atoms with Crippen LogP contribution >= 0.6 is 0 Å². The first-order valence-electron chi connectivity index (χ1n) is 7.95. The molecule has 0 aromatic carbocycles. The van der Waals surface area contributed by atoms with Gasteiger partial charge >= 0.3 is 0 Å². The molecule has 0 fully saturated rings. The molecule has 0 saturated heterocycles. The summed E-state index contributed by atoms with van der Waals surface area (Å²) in [5.74, 6) is 0.644. The van der Waals surface area contributed by atoms with Crippen LogP contribution in [0.15, 0.2) is 51.7 Å². The Bertz CT molecular complexity index is 558. The number of hydrogen-bond acceptors (Lipinski definition) is 2. The van der Waals surface area contributed by atoms with Crippen LogP contribution in [0, 0.1) is 5.92 Å². The second kappa shape index (κ2) is 6.46. The van der Waals surface area contributed by atoms with Gasteiger partial charge in [-0.15, -0.1) is 0 Å². The molecule has 2 aliphatic heterocycles. The molecular formula is C19H28N2. The molecular weight excluding hydrogens is 256 g/mol. The van der Waals surface area contributed by atoms with Crippen LogP contribution in [0.25, 0.3) is 0 Å². The summed E-state index contributed by atoms with van der Waals surface area (Å²) in [6.07, 6.45) is 10.5. The standard InChI is InChI=1S/C19H28N2/c1-7-13(2)8-9-18-14(3)10-17(12-21(18)6)19-15(4)11-20-16(19)5/h8-10,12-13,18H,7,11H2,1-6H3/b9-8-. The molecule has 2 rings (SSSR count). The van der Waals surface area contributed by atoms with Crippen LogP contribution in [-0.4, -0.2) is 30.2 Å². The first-order valence-corrected chi connectivity index (χ1v) is 7.95. The van der Waals surface area contributed by atoms with E-state index in [1.54, 1.807) is 0 Å². The zero-order chi connectivity index (χ0) is 15.6. The highest BCUT2D eigenvalue weighted by Crippen LogP contribution is 2.29. The van der Waals surface area contributed by atoms with Crippen molar-refractivity contribution >= 4 is 5.71 Å². The van der Waals surface area contributed by atoms with Crippen molar-refractivity contribution in [3.05, 3.63) is 46.7 Å². The molecule has 0 aliphatic carbocycles. The molecule has 0 amide bonds. The summed E-state index contributed by atoms with van der Waals surface area (Å²) >= 11 is 0. The molecule has 21 heavy (non-hydrogen) atoms. The summed E-state index contributed by atoms with van der Waals surface area (Å²) in [6, 6.07) is 0.377. The zero-order valence-electron chi connectivity index (χ0n) is 14.3. The van der Waals surface area contributed by atoms with Crippen molar-refractivity contribution in [3.63, 3.8) is 0 Å². The van der Waals surface area contributed by atoms with E-state index in [-0.39, 0.29) is 0 Å². The van der Waals surface area contributed by atoms with Gasteiger partial charge in [-0.05, 0) is 43.4 Å². The largest absolute Gasteiger partial charge is 0.370 e. The summed E-state index contributed by atoms with van der Waals surface area (Å²) < 4.78 is 0. The van der Waals surface area contributed by atoms with E-state index in [0.717, 1.165) is 6.54 Å². The lowest BCUT2D eigenvalue weighted by Gasteiger charge is -2.31. The van der Waals surface area contributed by atoms with Crippen LogP contribution in [0.2, 0.25) is 0 Å². The minimum Gasteiger partial charge on any atom is -0.370 e. The fraction of sp³-hybridized carbons (Fsp3) is 0.526. The minimum absolute atomic E-state index is 0.377. The first kappa shape index (κ1) is 15.8. The van der Waals surface area contributed by atoms with Crippen molar-refractivity contribution < 1.29 is 0 Å². The Balaban J connectivity index is 2.23. The molecule has 0 N–H and O–H groups in total. The molecule has 2 aliphatic rings. The molecule has 0 radical (unpaired) electrons. The Kier molecular flexibility index (Phi) is 4.87. The van der Waals surface area contributed by atoms with Crippen molar-refractivity contribution in [2.75, 3.05) is 13.6 Å². The van der Waals surface area contributed by atoms with Gasteiger partial charge in [0.1, 0.15) is 0 Å². The highest BCUT2D eigenvalue weighted by Gasteiger charge is 2.22. The molecule has 114 valence electrons. The molecule has 0 aromatic heterocycles. The number of hydrogen-bond donors (Lipinski definition) is 0. The van der Waals surface area contributed by atoms with Crippen molar-refractivity contribution in [2.45, 2.75) is 47.1 Å². The van der Waals surface area contributed by atoms with Gasteiger partial charge in [-0.25, -0.2) is 0 Å². The highest BCUT2D eigenvalue weighted by molar-refractivity contribution is 6.05. The summed E-state index contributed by atoms with van der Waals surface area (Å²) in [4.78, 5) is 6.87. The van der Waals surface area contributed by atoms with Gasteiger partial charge in [0.05, 0.1) is 12.6 Å². The topological polar surface area (TPSA) is 15.6 Å². The Morgan fingerprint density at radius 2 is 2.10 bits per heavy atom. The normalized spacial score (nSPS) is 24.4. The molecule has 2 nitrogen and oxygen atoms in total. The maximum absolute atomic E-state index is 4.55. The van der Waals surface area contributed by atoms with Gasteiger partial charge in [0, 0.05) is 24.5 Å². The van der Waals surface area contributed by atoms with Crippen LogP contribution in [0.3, 0.4) is 0 Å². The van der Waals surface area contributed by atoms with Crippen molar-refractivity contribution in [1.82, 2.24) is 4.90 Å². The molecule has 2 heteroatoms. The summed E-state index contributed by atoms with van der Waals surface area (Å²) in [7, 11) is 2.17. The van der Waals surface area contributed by atoms with E-state index in [1.807, 2.05) is 0 Å². The van der Waals surface area contributed by atoms with Crippen LogP contribution < -0.4 is 0 Å². The number of nitrogens with zero attached hydrogens (tertiary/aromatic N) is 2. The Morgan fingerprint density at radius 3 is 2.62 bits per heavy atom. The van der Waals surface area contributed by atoms with Gasteiger partial charge in [0.25, 0.3) is 0 Å². The lowest BCUT2D eigenvalue weighted by molar-refractivity contribution is 0.413. The summed E-state index contributed by atoms with van der Waals surface area (Å²) in [5.41, 5.74) is 6.59. The third kappa shape index (κ3) is 3.37. The van der Waals surface area contributed by atoms with Gasteiger partial charge in [-0.2, -0.15) is 0 Å². The maximum Gasteiger partial charge on any atom is 0.0678 e. The fourth-order valence-electron chi connectivity index (χ4n) is 3.00. The molecule has 0 saturated carbocycles. The second-order valence-corrected chi connectivity index (χ2v) is 6.41. The maximum atomic E-state index is 4.55. The van der Waals surface area contributed by atoms with Crippen LogP contribution in [0.1, 0.15) is 41.0 Å². The SMILES string of the molecule is CCC(C)/C=C\C1C(C)=CC(C2=C(C)CN=C2C)=CN1C. The van der Waals surface area contributed by atoms with Gasteiger partial charge in [-0.1, -0.05) is 38.5 Å². The Morgan fingerprint density at radius 1 is 1.38 bits per heavy atom. The quantitative estimate of drug-likeness (QED) is 0.693.